The van der Waals surface area contributed by atoms with E-state index < -0.39 is 0 Å². The largest absolute Gasteiger partial charge is 0.418 e. The number of rotatable bonds is 3. The predicted octanol–water partition coefficient (Wildman–Crippen LogP) is 8.98. The number of pyridine rings is 2. The first-order valence-corrected chi connectivity index (χ1v) is 13.1. The van der Waals surface area contributed by atoms with Crippen molar-refractivity contribution < 1.29 is 8.83 Å². The predicted molar refractivity (Wildman–Crippen MR) is 158 cm³/mol. The molecule has 0 saturated carbocycles. The van der Waals surface area contributed by atoms with Gasteiger partial charge in [0.05, 0.1) is 21.2 Å². The molecule has 0 radical (unpaired) electrons. The molecule has 39 heavy (non-hydrogen) atoms. The van der Waals surface area contributed by atoms with Crippen LogP contribution in [0.15, 0.2) is 81.6 Å². The molecule has 1 aliphatic heterocycles. The van der Waals surface area contributed by atoms with Crippen molar-refractivity contribution in [3.63, 3.8) is 0 Å². The van der Waals surface area contributed by atoms with E-state index in [0.717, 1.165) is 35.6 Å². The Balaban J connectivity index is 0.000000157. The third-order valence-electron chi connectivity index (χ3n) is 6.10. The summed E-state index contributed by atoms with van der Waals surface area (Å²) in [6, 6.07) is 22.3. The molecule has 2 aromatic carbocycles. The SMILES string of the molecule is C.Clc1ccc2nc(-c3ccccc3Cl)oc2n1.Clc1ccccc1-c1nc2ccc(N3CCCC3)nc2o1. The molecule has 7 nitrogen and oxygen atoms in total. The van der Waals surface area contributed by atoms with Gasteiger partial charge in [0, 0.05) is 13.1 Å². The van der Waals surface area contributed by atoms with Gasteiger partial charge in [0.25, 0.3) is 0 Å². The van der Waals surface area contributed by atoms with E-state index in [2.05, 4.69) is 24.8 Å². The molecular formula is C29H24Cl3N5O2. The van der Waals surface area contributed by atoms with E-state index in [-0.39, 0.29) is 7.43 Å². The summed E-state index contributed by atoms with van der Waals surface area (Å²) >= 11 is 18.0. The fourth-order valence-corrected chi connectivity index (χ4v) is 4.80. The number of benzene rings is 2. The van der Waals surface area contributed by atoms with Crippen molar-refractivity contribution in [3.05, 3.63) is 88.0 Å². The van der Waals surface area contributed by atoms with Crippen LogP contribution in [0.4, 0.5) is 5.82 Å². The molecule has 0 bridgehead atoms. The molecule has 0 aliphatic carbocycles. The van der Waals surface area contributed by atoms with Gasteiger partial charge in [-0.25, -0.2) is 9.97 Å². The van der Waals surface area contributed by atoms with Crippen LogP contribution in [-0.2, 0) is 0 Å². The Morgan fingerprint density at radius 3 is 1.67 bits per heavy atom. The summed E-state index contributed by atoms with van der Waals surface area (Å²) in [6.45, 7) is 2.12. The molecule has 6 aromatic rings. The van der Waals surface area contributed by atoms with Crippen LogP contribution in [0.25, 0.3) is 45.4 Å². The molecule has 7 rings (SSSR count). The Labute approximate surface area is 240 Å². The molecule has 0 atom stereocenters. The van der Waals surface area contributed by atoms with Gasteiger partial charge in [-0.15, -0.1) is 0 Å². The highest BCUT2D eigenvalue weighted by Crippen LogP contribution is 2.31. The summed E-state index contributed by atoms with van der Waals surface area (Å²) in [5, 5.41) is 1.59. The topological polar surface area (TPSA) is 81.1 Å². The normalized spacial score (nSPS) is 12.8. The quantitative estimate of drug-likeness (QED) is 0.193. The van der Waals surface area contributed by atoms with Gasteiger partial charge in [0.1, 0.15) is 22.0 Å². The summed E-state index contributed by atoms with van der Waals surface area (Å²) < 4.78 is 11.3. The molecule has 0 N–H and O–H groups in total. The number of fused-ring (bicyclic) bond motifs is 2. The minimum atomic E-state index is 0. The number of anilines is 1. The van der Waals surface area contributed by atoms with Crippen LogP contribution in [-0.4, -0.2) is 33.0 Å². The lowest BCUT2D eigenvalue weighted by atomic mass is 10.2. The molecule has 198 valence electrons. The van der Waals surface area contributed by atoms with Crippen molar-refractivity contribution in [3.8, 4) is 22.9 Å². The lowest BCUT2D eigenvalue weighted by molar-refractivity contribution is 0.607. The van der Waals surface area contributed by atoms with E-state index in [1.165, 1.54) is 12.8 Å². The lowest BCUT2D eigenvalue weighted by Crippen LogP contribution is -2.18. The summed E-state index contributed by atoms with van der Waals surface area (Å²) in [6.07, 6.45) is 2.45. The number of nitrogens with zero attached hydrogens (tertiary/aromatic N) is 5. The highest BCUT2D eigenvalue weighted by atomic mass is 35.5. The third-order valence-corrected chi connectivity index (χ3v) is 6.97. The van der Waals surface area contributed by atoms with Crippen molar-refractivity contribution in [2.45, 2.75) is 20.3 Å². The van der Waals surface area contributed by atoms with Gasteiger partial charge in [-0.1, -0.05) is 66.5 Å². The van der Waals surface area contributed by atoms with Crippen molar-refractivity contribution >= 4 is 63.1 Å². The van der Waals surface area contributed by atoms with Crippen LogP contribution in [0.5, 0.6) is 0 Å². The van der Waals surface area contributed by atoms with Gasteiger partial charge in [-0.3, -0.25) is 0 Å². The monoisotopic (exact) mass is 579 g/mol. The zero-order chi connectivity index (χ0) is 26.1. The number of hydrogen-bond donors (Lipinski definition) is 0. The summed E-state index contributed by atoms with van der Waals surface area (Å²) in [5.74, 6) is 1.92. The Kier molecular flexibility index (Phi) is 8.02. The van der Waals surface area contributed by atoms with E-state index in [9.17, 15) is 0 Å². The van der Waals surface area contributed by atoms with Gasteiger partial charge >= 0.3 is 0 Å². The molecular weight excluding hydrogens is 557 g/mol. The van der Waals surface area contributed by atoms with Gasteiger partial charge in [0.2, 0.25) is 23.2 Å². The first-order chi connectivity index (χ1) is 18.5. The molecule has 5 heterocycles. The second-order valence-electron chi connectivity index (χ2n) is 8.64. The van der Waals surface area contributed by atoms with Gasteiger partial charge in [-0.05, 0) is 61.4 Å². The molecule has 1 aliphatic rings. The zero-order valence-corrected chi connectivity index (χ0v) is 22.2. The standard InChI is InChI=1S/C16H14ClN3O.C12H6Cl2N2O.CH4/c17-12-6-2-1-5-11(12)15-18-13-7-8-14(19-16(13)21-15)20-9-3-4-10-20;13-8-4-2-1-3-7(8)11-15-9-5-6-10(14)16-12(9)17-11;/h1-2,5-8H,3-4,9-10H2;1-6H;1H4. The average Bonchev–Trinajstić information content (AvgIpc) is 3.68. The van der Waals surface area contributed by atoms with E-state index in [4.69, 9.17) is 43.6 Å². The second-order valence-corrected chi connectivity index (χ2v) is 9.85. The van der Waals surface area contributed by atoms with Crippen molar-refractivity contribution in [1.82, 2.24) is 19.9 Å². The van der Waals surface area contributed by atoms with Crippen LogP contribution >= 0.6 is 34.8 Å². The Hall–Kier alpha value is -3.65. The van der Waals surface area contributed by atoms with Crippen LogP contribution in [0, 0.1) is 0 Å². The van der Waals surface area contributed by atoms with Crippen molar-refractivity contribution in [2.24, 2.45) is 0 Å². The maximum absolute atomic E-state index is 6.19. The molecule has 1 saturated heterocycles. The van der Waals surface area contributed by atoms with Crippen LogP contribution < -0.4 is 4.90 Å². The third kappa shape index (κ3) is 5.71. The van der Waals surface area contributed by atoms with Crippen molar-refractivity contribution in [1.29, 1.82) is 0 Å². The summed E-state index contributed by atoms with van der Waals surface area (Å²) in [5.41, 5.74) is 3.92. The molecule has 0 spiro atoms. The number of halogens is 3. The molecule has 0 amide bonds. The second kappa shape index (κ2) is 11.6. The molecule has 10 heteroatoms. The van der Waals surface area contributed by atoms with Crippen LogP contribution in [0.1, 0.15) is 20.3 Å². The van der Waals surface area contributed by atoms with Crippen LogP contribution in [0.3, 0.4) is 0 Å². The van der Waals surface area contributed by atoms with Gasteiger partial charge in [-0.2, -0.15) is 9.97 Å². The average molecular weight is 581 g/mol. The molecule has 1 fully saturated rings. The Bertz CT molecular complexity index is 1740. The fourth-order valence-electron chi connectivity index (χ4n) is 4.22. The van der Waals surface area contributed by atoms with E-state index >= 15 is 0 Å². The van der Waals surface area contributed by atoms with E-state index in [1.807, 2.05) is 54.6 Å². The van der Waals surface area contributed by atoms with Crippen molar-refractivity contribution in [2.75, 3.05) is 18.0 Å². The first kappa shape index (κ1) is 26.9. The van der Waals surface area contributed by atoms with E-state index in [0.29, 0.717) is 43.9 Å². The smallest absolute Gasteiger partial charge is 0.249 e. The summed E-state index contributed by atoms with van der Waals surface area (Å²) in [4.78, 5) is 19.7. The lowest BCUT2D eigenvalue weighted by Gasteiger charge is -2.15. The summed E-state index contributed by atoms with van der Waals surface area (Å²) in [7, 11) is 0. The molecule has 4 aromatic heterocycles. The first-order valence-electron chi connectivity index (χ1n) is 12.0. The number of hydrogen-bond acceptors (Lipinski definition) is 7. The Morgan fingerprint density at radius 1 is 0.590 bits per heavy atom. The molecule has 0 unspecified atom stereocenters. The fraction of sp³-hybridized carbons (Fsp3) is 0.172. The maximum Gasteiger partial charge on any atom is 0.249 e. The highest BCUT2D eigenvalue weighted by molar-refractivity contribution is 6.33. The highest BCUT2D eigenvalue weighted by Gasteiger charge is 2.17. The van der Waals surface area contributed by atoms with Crippen LogP contribution in [0.2, 0.25) is 15.2 Å². The minimum Gasteiger partial charge on any atom is -0.418 e. The van der Waals surface area contributed by atoms with Gasteiger partial charge in [0.15, 0.2) is 0 Å². The zero-order valence-electron chi connectivity index (χ0n) is 19.9. The maximum atomic E-state index is 6.19. The minimum absolute atomic E-state index is 0. The van der Waals surface area contributed by atoms with E-state index in [1.54, 1.807) is 18.2 Å². The number of aromatic nitrogens is 4. The number of oxazole rings is 2. The Morgan fingerprint density at radius 2 is 1.10 bits per heavy atom. The van der Waals surface area contributed by atoms with Gasteiger partial charge < -0.3 is 13.7 Å².